The number of carbonyl (C=O) groups is 2. The summed E-state index contributed by atoms with van der Waals surface area (Å²) in [6, 6.07) is 15.7. The predicted octanol–water partition coefficient (Wildman–Crippen LogP) is 7.68. The van der Waals surface area contributed by atoms with E-state index in [0.29, 0.717) is 11.4 Å². The average molecular weight is 613 g/mol. The van der Waals surface area contributed by atoms with Gasteiger partial charge in [0.15, 0.2) is 0 Å². The normalized spacial score (nSPS) is 13.7. The molecule has 6 rings (SSSR count). The van der Waals surface area contributed by atoms with Gasteiger partial charge < -0.3 is 9.68 Å². The van der Waals surface area contributed by atoms with Crippen LogP contribution in [0.1, 0.15) is 68.7 Å². The van der Waals surface area contributed by atoms with Crippen molar-refractivity contribution in [1.29, 1.82) is 0 Å². The van der Waals surface area contributed by atoms with Gasteiger partial charge in [0.2, 0.25) is 0 Å². The van der Waals surface area contributed by atoms with Crippen LogP contribution >= 0.6 is 0 Å². The molecule has 0 saturated carbocycles. The fourth-order valence-electron chi connectivity index (χ4n) is 6.03. The zero-order chi connectivity index (χ0) is 32.2. The lowest BCUT2D eigenvalue weighted by Crippen LogP contribution is -2.11. The zero-order valence-electron chi connectivity index (χ0n) is 26.4. The van der Waals surface area contributed by atoms with Crippen molar-refractivity contribution in [3.05, 3.63) is 129 Å². The minimum absolute atomic E-state index is 0.569. The van der Waals surface area contributed by atoms with Gasteiger partial charge in [-0.1, -0.05) is 24.3 Å². The molecule has 4 aromatic rings. The van der Waals surface area contributed by atoms with Gasteiger partial charge >= 0.3 is 11.9 Å². The lowest BCUT2D eigenvalue weighted by Gasteiger charge is -2.20. The Morgan fingerprint density at radius 2 is 1.02 bits per heavy atom. The Morgan fingerprint density at radius 3 is 1.46 bits per heavy atom. The largest absolute Gasteiger partial charge is 0.355 e. The van der Waals surface area contributed by atoms with E-state index < -0.39 is 11.9 Å². The van der Waals surface area contributed by atoms with Gasteiger partial charge in [-0.05, 0) is 145 Å². The van der Waals surface area contributed by atoms with E-state index >= 15 is 0 Å². The second-order valence-electron chi connectivity index (χ2n) is 11.8. The molecule has 0 amide bonds. The minimum Gasteiger partial charge on any atom is -0.339 e. The van der Waals surface area contributed by atoms with E-state index in [1.165, 1.54) is 44.5 Å². The molecule has 2 aromatic carbocycles. The third kappa shape index (κ3) is 6.76. The maximum Gasteiger partial charge on any atom is 0.355 e. The molecule has 2 aliphatic carbocycles. The number of carbonyl (C=O) groups excluding carboxylic acids is 2. The Hall–Kier alpha value is -5.50. The summed E-state index contributed by atoms with van der Waals surface area (Å²) in [5, 5.41) is 0. The number of benzene rings is 2. The van der Waals surface area contributed by atoms with Crippen LogP contribution in [0.4, 0.5) is 11.4 Å². The Balaban J connectivity index is 1.02. The maximum absolute atomic E-state index is 12.3. The van der Waals surface area contributed by atoms with E-state index in [9.17, 15) is 9.59 Å². The fourth-order valence-corrected chi connectivity index (χ4v) is 6.03. The molecular formula is C38H36N4O4. The number of anilines is 2. The number of nitrogens with zero attached hydrogens (tertiary/aromatic N) is 2. The molecule has 8 nitrogen and oxygen atoms in total. The summed E-state index contributed by atoms with van der Waals surface area (Å²) in [5.41, 5.74) is 20.6. The highest BCUT2D eigenvalue weighted by atomic mass is 16.7. The topological polar surface area (TPSA) is 102 Å². The lowest BCUT2D eigenvalue weighted by atomic mass is 9.85. The first-order valence-corrected chi connectivity index (χ1v) is 15.4. The molecule has 46 heavy (non-hydrogen) atoms. The quantitative estimate of drug-likeness (QED) is 0.154. The smallest absolute Gasteiger partial charge is 0.339 e. The third-order valence-electron chi connectivity index (χ3n) is 8.62. The third-order valence-corrected chi connectivity index (χ3v) is 8.62. The number of aryl methyl sites for hydroxylation is 4. The van der Waals surface area contributed by atoms with Crippen LogP contribution in [0.15, 0.2) is 73.1 Å². The molecule has 0 radical (unpaired) electrons. The van der Waals surface area contributed by atoms with E-state index in [1.807, 2.05) is 12.1 Å². The first kappa shape index (κ1) is 30.5. The summed E-state index contributed by atoms with van der Waals surface area (Å²) in [6.45, 7) is 8.53. The van der Waals surface area contributed by atoms with Crippen molar-refractivity contribution < 1.29 is 19.3 Å². The van der Waals surface area contributed by atoms with Gasteiger partial charge in [0.25, 0.3) is 0 Å². The van der Waals surface area contributed by atoms with Gasteiger partial charge in [0.05, 0.1) is 22.8 Å². The Bertz CT molecular complexity index is 1800. The second-order valence-corrected chi connectivity index (χ2v) is 11.8. The summed E-state index contributed by atoms with van der Waals surface area (Å²) in [5.74, 6) is -1.51. The van der Waals surface area contributed by atoms with Crippen molar-refractivity contribution in [2.75, 3.05) is 11.0 Å². The van der Waals surface area contributed by atoms with Crippen LogP contribution < -0.4 is 11.0 Å². The van der Waals surface area contributed by atoms with Crippen molar-refractivity contribution in [2.24, 2.45) is 0 Å². The van der Waals surface area contributed by atoms with Crippen LogP contribution in [0.5, 0.6) is 0 Å². The first-order chi connectivity index (χ1) is 22.2. The minimum atomic E-state index is -0.756. The fraction of sp³-hybridized carbons (Fsp3) is 0.211. The summed E-state index contributed by atoms with van der Waals surface area (Å²) in [6.07, 6.45) is 13.4. The first-order valence-electron chi connectivity index (χ1n) is 15.4. The van der Waals surface area contributed by atoms with Crippen molar-refractivity contribution in [3.8, 4) is 0 Å². The Labute approximate surface area is 268 Å². The molecule has 0 spiro atoms. The highest BCUT2D eigenvalue weighted by Gasteiger charge is 2.18. The van der Waals surface area contributed by atoms with Crippen LogP contribution in [0.2, 0.25) is 0 Å². The maximum atomic E-state index is 12.3. The number of allylic oxidation sites excluding steroid dienone is 2. The Kier molecular flexibility index (Phi) is 8.79. The lowest BCUT2D eigenvalue weighted by molar-refractivity contribution is -0.137. The molecule has 0 bridgehead atoms. The van der Waals surface area contributed by atoms with E-state index in [0.717, 1.165) is 60.4 Å². The molecular weight excluding hydrogens is 576 g/mol. The van der Waals surface area contributed by atoms with Crippen molar-refractivity contribution in [2.45, 2.75) is 53.4 Å². The van der Waals surface area contributed by atoms with Crippen LogP contribution in [0, 0.1) is 27.7 Å². The predicted molar refractivity (Wildman–Crippen MR) is 181 cm³/mol. The highest BCUT2D eigenvalue weighted by Crippen LogP contribution is 2.35. The number of rotatable bonds is 8. The molecule has 2 N–H and O–H groups in total. The number of nitrogens with one attached hydrogen (secondary N) is 2. The SMILES string of the molecule is Cc1ccc(C)c2c1C=C(c1cc(NOC(=O)/C=C/C(=O)ONc3ccnc(C4=Cc5c(C)ccc(C)c5CC4)c3)ccn1)CC2. The van der Waals surface area contributed by atoms with Gasteiger partial charge in [-0.15, -0.1) is 0 Å². The highest BCUT2D eigenvalue weighted by molar-refractivity contribution is 5.92. The number of pyridine rings is 2. The summed E-state index contributed by atoms with van der Waals surface area (Å²) in [7, 11) is 0. The molecule has 0 aliphatic heterocycles. The van der Waals surface area contributed by atoms with Crippen molar-refractivity contribution >= 4 is 46.6 Å². The average Bonchev–Trinajstić information content (AvgIpc) is 3.08. The molecule has 0 unspecified atom stereocenters. The molecule has 2 aliphatic rings. The monoisotopic (exact) mass is 612 g/mol. The number of hydrogen-bond acceptors (Lipinski definition) is 8. The van der Waals surface area contributed by atoms with E-state index in [1.54, 1.807) is 24.5 Å². The molecule has 232 valence electrons. The van der Waals surface area contributed by atoms with Crippen molar-refractivity contribution in [3.63, 3.8) is 0 Å². The summed E-state index contributed by atoms with van der Waals surface area (Å²) < 4.78 is 0. The van der Waals surface area contributed by atoms with E-state index in [2.05, 4.69) is 85.0 Å². The molecule has 8 heteroatoms. The summed E-state index contributed by atoms with van der Waals surface area (Å²) in [4.78, 5) is 43.9. The van der Waals surface area contributed by atoms with Gasteiger partial charge in [0, 0.05) is 24.5 Å². The second kappa shape index (κ2) is 13.2. The van der Waals surface area contributed by atoms with Crippen LogP contribution in [-0.2, 0) is 32.1 Å². The number of fused-ring (bicyclic) bond motifs is 2. The molecule has 0 fully saturated rings. The van der Waals surface area contributed by atoms with Gasteiger partial charge in [-0.2, -0.15) is 0 Å². The van der Waals surface area contributed by atoms with Gasteiger partial charge in [-0.3, -0.25) is 9.97 Å². The molecule has 2 heterocycles. The van der Waals surface area contributed by atoms with Crippen LogP contribution in [0.25, 0.3) is 23.3 Å². The van der Waals surface area contributed by atoms with E-state index in [-0.39, 0.29) is 0 Å². The number of aromatic nitrogens is 2. The Morgan fingerprint density at radius 1 is 0.609 bits per heavy atom. The molecule has 2 aromatic heterocycles. The standard InChI is InChI=1S/C38H36N4O4/c1-23-5-7-25(3)33-19-27(9-11-31(23)33)35-21-29(15-17-39-35)41-45-37(43)13-14-38(44)46-42-30-16-18-40-36(22-30)28-10-12-32-24(2)6-8-26(4)34(32)20-28/h5-8,13-22H,9-12H2,1-4H3,(H,39,41)(H,40,42)/b14-13+. The summed E-state index contributed by atoms with van der Waals surface area (Å²) >= 11 is 0. The van der Waals surface area contributed by atoms with Crippen molar-refractivity contribution in [1.82, 2.24) is 9.97 Å². The van der Waals surface area contributed by atoms with Gasteiger partial charge in [0.1, 0.15) is 0 Å². The molecule has 0 saturated heterocycles. The van der Waals surface area contributed by atoms with Crippen LogP contribution in [0.3, 0.4) is 0 Å². The van der Waals surface area contributed by atoms with E-state index in [4.69, 9.17) is 9.68 Å². The van der Waals surface area contributed by atoms with Crippen LogP contribution in [-0.4, -0.2) is 21.9 Å². The molecule has 0 atom stereocenters. The number of hydrogen-bond donors (Lipinski definition) is 2. The zero-order valence-corrected chi connectivity index (χ0v) is 26.4. The van der Waals surface area contributed by atoms with Gasteiger partial charge in [-0.25, -0.2) is 20.5 Å².